The molecule has 0 fully saturated rings. The first-order valence-electron chi connectivity index (χ1n) is 6.16. The van der Waals surface area contributed by atoms with E-state index < -0.39 is 14.6 Å². The lowest BCUT2D eigenvalue weighted by Crippen LogP contribution is -2.31. The first kappa shape index (κ1) is 15.7. The molecular formula is C14H21NO3S. The van der Waals surface area contributed by atoms with E-state index in [0.717, 1.165) is 5.56 Å². The molecule has 1 aromatic rings. The molecule has 0 amide bonds. The van der Waals surface area contributed by atoms with Crippen molar-refractivity contribution in [1.82, 2.24) is 0 Å². The van der Waals surface area contributed by atoms with Gasteiger partial charge in [-0.2, -0.15) is 0 Å². The van der Waals surface area contributed by atoms with Crippen molar-refractivity contribution in [2.24, 2.45) is 0 Å². The lowest BCUT2D eigenvalue weighted by atomic mass is 10.1. The molecule has 2 N–H and O–H groups in total. The molecule has 0 atom stereocenters. The smallest absolute Gasteiger partial charge is 0.163 e. The number of anilines is 1. The Kier molecular flexibility index (Phi) is 4.40. The molecule has 0 aliphatic rings. The molecular weight excluding hydrogens is 262 g/mol. The van der Waals surface area contributed by atoms with E-state index >= 15 is 0 Å². The van der Waals surface area contributed by atoms with E-state index in [1.807, 2.05) is 6.92 Å². The van der Waals surface area contributed by atoms with Crippen LogP contribution in [0.15, 0.2) is 18.2 Å². The number of rotatable bonds is 4. The molecule has 1 aromatic carbocycles. The van der Waals surface area contributed by atoms with E-state index in [4.69, 9.17) is 5.73 Å². The van der Waals surface area contributed by atoms with Crippen LogP contribution in [0.4, 0.5) is 5.69 Å². The van der Waals surface area contributed by atoms with Crippen molar-refractivity contribution >= 4 is 21.3 Å². The molecule has 4 nitrogen and oxygen atoms in total. The molecule has 0 heterocycles. The summed E-state index contributed by atoms with van der Waals surface area (Å²) >= 11 is 0. The van der Waals surface area contributed by atoms with Gasteiger partial charge in [-0.05, 0) is 39.3 Å². The van der Waals surface area contributed by atoms with Crippen LogP contribution in [0.5, 0.6) is 0 Å². The van der Waals surface area contributed by atoms with Crippen LogP contribution >= 0.6 is 0 Å². The molecule has 0 radical (unpaired) electrons. The highest BCUT2D eigenvalue weighted by Gasteiger charge is 2.29. The summed E-state index contributed by atoms with van der Waals surface area (Å²) in [5, 5.41) is 0. The summed E-state index contributed by atoms with van der Waals surface area (Å²) < 4.78 is 23.0. The molecule has 1 rings (SSSR count). The molecule has 0 saturated heterocycles. The van der Waals surface area contributed by atoms with Gasteiger partial charge in [-0.15, -0.1) is 0 Å². The third kappa shape index (κ3) is 3.80. The lowest BCUT2D eigenvalue weighted by molar-refractivity contribution is 0.0988. The molecule has 19 heavy (non-hydrogen) atoms. The van der Waals surface area contributed by atoms with Crippen LogP contribution in [0.1, 0.15) is 43.1 Å². The molecule has 0 saturated carbocycles. The molecule has 106 valence electrons. The number of hydrogen-bond donors (Lipinski definition) is 1. The summed E-state index contributed by atoms with van der Waals surface area (Å²) in [6.45, 7) is 6.76. The van der Waals surface area contributed by atoms with Crippen LogP contribution < -0.4 is 5.73 Å². The monoisotopic (exact) mass is 283 g/mol. The normalized spacial score (nSPS) is 12.4. The highest BCUT2D eigenvalue weighted by molar-refractivity contribution is 7.92. The second-order valence-corrected chi connectivity index (χ2v) is 8.54. The molecule has 0 bridgehead atoms. The molecule has 0 spiro atoms. The number of nitrogens with two attached hydrogens (primary N) is 1. The van der Waals surface area contributed by atoms with Gasteiger partial charge in [0.05, 0.1) is 10.5 Å². The third-order valence-electron chi connectivity index (χ3n) is 3.13. The van der Waals surface area contributed by atoms with Crippen LogP contribution in [0.3, 0.4) is 0 Å². The summed E-state index contributed by atoms with van der Waals surface area (Å²) in [7, 11) is -3.27. The van der Waals surface area contributed by atoms with Gasteiger partial charge in [0.15, 0.2) is 15.6 Å². The molecule has 0 aliphatic carbocycles. The minimum absolute atomic E-state index is 0.0118. The zero-order valence-electron chi connectivity index (χ0n) is 11.9. The number of Topliss-reactive ketones (excluding diaryl/α,β-unsaturated/α-hetero) is 1. The predicted octanol–water partition coefficient (Wildman–Crippen LogP) is 2.36. The second kappa shape index (κ2) is 5.33. The topological polar surface area (TPSA) is 77.2 Å². The first-order chi connectivity index (χ1) is 8.54. The van der Waals surface area contributed by atoms with Crippen molar-refractivity contribution in [2.45, 2.75) is 38.9 Å². The summed E-state index contributed by atoms with van der Waals surface area (Å²) in [6.07, 6.45) is -0.0118. The van der Waals surface area contributed by atoms with Crippen molar-refractivity contribution in [2.75, 3.05) is 11.5 Å². The van der Waals surface area contributed by atoms with Crippen LogP contribution in [0.2, 0.25) is 0 Å². The molecule has 0 aliphatic heterocycles. The largest absolute Gasteiger partial charge is 0.398 e. The number of sulfone groups is 1. The minimum Gasteiger partial charge on any atom is -0.398 e. The minimum atomic E-state index is -3.27. The highest BCUT2D eigenvalue weighted by atomic mass is 32.2. The highest BCUT2D eigenvalue weighted by Crippen LogP contribution is 2.19. The zero-order valence-corrected chi connectivity index (χ0v) is 12.7. The number of aryl methyl sites for hydroxylation is 1. The van der Waals surface area contributed by atoms with Crippen molar-refractivity contribution in [3.05, 3.63) is 29.3 Å². The maximum atomic E-state index is 12.0. The Morgan fingerprint density at radius 2 is 1.84 bits per heavy atom. The summed E-state index contributed by atoms with van der Waals surface area (Å²) in [5.74, 6) is -0.331. The average molecular weight is 283 g/mol. The Balaban J connectivity index is 2.79. The van der Waals surface area contributed by atoms with Gasteiger partial charge in [0.25, 0.3) is 0 Å². The summed E-state index contributed by atoms with van der Waals surface area (Å²) in [6, 6.07) is 5.04. The summed E-state index contributed by atoms with van der Waals surface area (Å²) in [4.78, 5) is 12.0. The number of carbonyl (C=O) groups excluding carboxylic acids is 1. The quantitative estimate of drug-likeness (QED) is 0.679. The summed E-state index contributed by atoms with van der Waals surface area (Å²) in [5.41, 5.74) is 7.65. The fourth-order valence-electron chi connectivity index (χ4n) is 1.49. The Morgan fingerprint density at radius 3 is 2.32 bits per heavy atom. The van der Waals surface area contributed by atoms with E-state index in [1.54, 1.807) is 39.0 Å². The van der Waals surface area contributed by atoms with Crippen molar-refractivity contribution < 1.29 is 13.2 Å². The van der Waals surface area contributed by atoms with Crippen LogP contribution in [-0.4, -0.2) is 24.7 Å². The van der Waals surface area contributed by atoms with Crippen LogP contribution in [0, 0.1) is 6.92 Å². The van der Waals surface area contributed by atoms with Gasteiger partial charge in [-0.1, -0.05) is 12.1 Å². The Morgan fingerprint density at radius 1 is 1.26 bits per heavy atom. The van der Waals surface area contributed by atoms with Crippen LogP contribution in [-0.2, 0) is 9.84 Å². The van der Waals surface area contributed by atoms with Gasteiger partial charge in [0.2, 0.25) is 0 Å². The van der Waals surface area contributed by atoms with E-state index in [9.17, 15) is 13.2 Å². The molecule has 5 heteroatoms. The number of nitrogen functional groups attached to an aromatic ring is 1. The fraction of sp³-hybridized carbons (Fsp3) is 0.500. The van der Waals surface area contributed by atoms with Crippen molar-refractivity contribution in [3.8, 4) is 0 Å². The maximum absolute atomic E-state index is 12.0. The predicted molar refractivity (Wildman–Crippen MR) is 78.1 cm³/mol. The van der Waals surface area contributed by atoms with E-state index in [-0.39, 0.29) is 18.0 Å². The lowest BCUT2D eigenvalue weighted by Gasteiger charge is -2.18. The number of benzene rings is 1. The van der Waals surface area contributed by atoms with E-state index in [0.29, 0.717) is 11.3 Å². The van der Waals surface area contributed by atoms with Gasteiger partial charge in [-0.3, -0.25) is 4.79 Å². The van der Waals surface area contributed by atoms with E-state index in [2.05, 4.69) is 0 Å². The van der Waals surface area contributed by atoms with Gasteiger partial charge >= 0.3 is 0 Å². The number of ketones is 1. The Hall–Kier alpha value is -1.36. The second-order valence-electron chi connectivity index (χ2n) is 5.68. The van der Waals surface area contributed by atoms with Gasteiger partial charge < -0.3 is 5.73 Å². The average Bonchev–Trinajstić information content (AvgIpc) is 2.28. The first-order valence-corrected chi connectivity index (χ1v) is 7.81. The van der Waals surface area contributed by atoms with Gasteiger partial charge in [0.1, 0.15) is 0 Å². The Bertz CT molecular complexity index is 583. The van der Waals surface area contributed by atoms with Gasteiger partial charge in [-0.25, -0.2) is 8.42 Å². The van der Waals surface area contributed by atoms with Gasteiger partial charge in [0, 0.05) is 17.7 Å². The van der Waals surface area contributed by atoms with E-state index in [1.165, 1.54) is 0 Å². The Labute approximate surface area is 114 Å². The van der Waals surface area contributed by atoms with Crippen molar-refractivity contribution in [3.63, 3.8) is 0 Å². The number of hydrogen-bond acceptors (Lipinski definition) is 4. The zero-order chi connectivity index (χ0) is 14.8. The van der Waals surface area contributed by atoms with Crippen LogP contribution in [0.25, 0.3) is 0 Å². The standard InChI is InChI=1S/C14H21NO3S/c1-10-5-6-11(9-12(10)15)13(16)7-8-19(17,18)14(2,3)4/h5-6,9H,7-8,15H2,1-4H3. The maximum Gasteiger partial charge on any atom is 0.163 e. The SMILES string of the molecule is Cc1ccc(C(=O)CCS(=O)(=O)C(C)(C)C)cc1N. The van der Waals surface area contributed by atoms with Crippen molar-refractivity contribution in [1.29, 1.82) is 0 Å². The number of carbonyl (C=O) groups is 1. The molecule has 0 unspecified atom stereocenters. The fourth-order valence-corrected chi connectivity index (χ4v) is 2.56. The molecule has 0 aromatic heterocycles. The third-order valence-corrected chi connectivity index (χ3v) is 5.74.